The molecule has 0 radical (unpaired) electrons. The van der Waals surface area contributed by atoms with Crippen molar-refractivity contribution < 1.29 is 13.3 Å². The maximum absolute atomic E-state index is 7.28. The van der Waals surface area contributed by atoms with Crippen molar-refractivity contribution in [1.29, 1.82) is 0 Å². The van der Waals surface area contributed by atoms with Crippen LogP contribution in [0.2, 0.25) is 0 Å². The number of para-hydroxylation sites is 2. The predicted molar refractivity (Wildman–Crippen MR) is 278 cm³/mol. The molecule has 0 fully saturated rings. The molecule has 2 aliphatic heterocycles. The van der Waals surface area contributed by atoms with Gasteiger partial charge in [-0.3, -0.25) is 0 Å². The number of rotatable bonds is 1. The van der Waals surface area contributed by atoms with E-state index < -0.39 is 0 Å². The normalized spacial score (nSPS) is 14.1. The van der Waals surface area contributed by atoms with Crippen molar-refractivity contribution in [3.8, 4) is 16.8 Å². The van der Waals surface area contributed by atoms with Gasteiger partial charge >= 0.3 is 6.85 Å². The summed E-state index contributed by atoms with van der Waals surface area (Å²) in [7, 11) is 0. The van der Waals surface area contributed by atoms with Gasteiger partial charge in [0.05, 0.1) is 11.0 Å². The highest BCUT2D eigenvalue weighted by Gasteiger charge is 2.47. The van der Waals surface area contributed by atoms with E-state index in [1.165, 1.54) is 49.4 Å². The Kier molecular flexibility index (Phi) is 7.15. The number of hydrogen-bond acceptors (Lipinski definition) is 4. The second-order valence-electron chi connectivity index (χ2n) is 22.1. The van der Waals surface area contributed by atoms with E-state index in [1.54, 1.807) is 0 Å². The molecule has 66 heavy (non-hydrogen) atoms. The average Bonchev–Trinajstić information content (AvgIpc) is 4.04. The molecular formula is C60H49BN2O3. The van der Waals surface area contributed by atoms with Crippen molar-refractivity contribution in [1.82, 2.24) is 4.57 Å². The summed E-state index contributed by atoms with van der Waals surface area (Å²) in [5.74, 6) is 0. The Bertz CT molecular complexity index is 4120. The summed E-state index contributed by atoms with van der Waals surface area (Å²) in [6.07, 6.45) is 0. The molecule has 0 saturated heterocycles. The third-order valence-corrected chi connectivity index (χ3v) is 15.0. The van der Waals surface area contributed by atoms with Crippen molar-refractivity contribution in [3.05, 3.63) is 150 Å². The van der Waals surface area contributed by atoms with E-state index >= 15 is 0 Å². The lowest BCUT2D eigenvalue weighted by atomic mass is 9.43. The Morgan fingerprint density at radius 3 is 1.74 bits per heavy atom. The summed E-state index contributed by atoms with van der Waals surface area (Å²) in [5, 5.41) is 9.18. The average molecular weight is 857 g/mol. The lowest BCUT2D eigenvalue weighted by molar-refractivity contribution is 0.587. The standard InChI is InChI=1S/C60H49BN2O3/c1-58(2,3)32-18-22-35(23-19-32)63-45-28-39-37-24-20-34(60(7,8)9)27-49(37)65-50(39)30-42(45)54-55-56-52(53-38-15-11-13-17-48(38)66-57(53)54)41-26-33(59(4,5)6)21-25-44(41)62(56)46-29-40-36-14-10-12-16-47(36)64-51(40)31-43(46)61(55)63/h10-31H,1-9H3. The fourth-order valence-corrected chi connectivity index (χ4v) is 11.6. The van der Waals surface area contributed by atoms with Crippen LogP contribution >= 0.6 is 0 Å². The molecule has 0 amide bonds. The number of furan rings is 3. The summed E-state index contributed by atoms with van der Waals surface area (Å²) < 4.78 is 23.6. The van der Waals surface area contributed by atoms with Crippen LogP contribution in [-0.2, 0) is 16.2 Å². The second-order valence-corrected chi connectivity index (χ2v) is 22.1. The molecule has 0 aliphatic carbocycles. The summed E-state index contributed by atoms with van der Waals surface area (Å²) >= 11 is 0. The van der Waals surface area contributed by atoms with Gasteiger partial charge in [0.25, 0.3) is 0 Å². The fourth-order valence-electron chi connectivity index (χ4n) is 11.6. The van der Waals surface area contributed by atoms with Gasteiger partial charge < -0.3 is 22.6 Å². The third kappa shape index (κ3) is 4.97. The van der Waals surface area contributed by atoms with Gasteiger partial charge in [-0.15, -0.1) is 0 Å². The lowest BCUT2D eigenvalue weighted by Crippen LogP contribution is -2.60. The van der Waals surface area contributed by atoms with E-state index in [1.807, 2.05) is 0 Å². The zero-order valence-electron chi connectivity index (χ0n) is 38.9. The van der Waals surface area contributed by atoms with Crippen LogP contribution in [0.1, 0.15) is 79.0 Å². The highest BCUT2D eigenvalue weighted by Crippen LogP contribution is 2.53. The van der Waals surface area contributed by atoms with Crippen LogP contribution in [0.15, 0.2) is 147 Å². The van der Waals surface area contributed by atoms with Crippen LogP contribution in [0.25, 0.3) is 104 Å². The molecule has 0 saturated carbocycles. The third-order valence-electron chi connectivity index (χ3n) is 15.0. The minimum Gasteiger partial charge on any atom is -0.456 e. The summed E-state index contributed by atoms with van der Waals surface area (Å²) in [5.41, 5.74) is 19.5. The first kappa shape index (κ1) is 38.1. The van der Waals surface area contributed by atoms with Crippen LogP contribution in [0, 0.1) is 0 Å². The summed E-state index contributed by atoms with van der Waals surface area (Å²) in [6, 6.07) is 49.7. The van der Waals surface area contributed by atoms with Crippen LogP contribution in [0.4, 0.5) is 11.4 Å². The highest BCUT2D eigenvalue weighted by atomic mass is 16.3. The quantitative estimate of drug-likeness (QED) is 0.154. The first-order valence-corrected chi connectivity index (χ1v) is 23.4. The largest absolute Gasteiger partial charge is 0.456 e. The van der Waals surface area contributed by atoms with Crippen molar-refractivity contribution in [2.24, 2.45) is 0 Å². The zero-order chi connectivity index (χ0) is 44.9. The van der Waals surface area contributed by atoms with Gasteiger partial charge in [0.1, 0.15) is 33.5 Å². The number of hydrogen-bond donors (Lipinski definition) is 0. The van der Waals surface area contributed by atoms with Gasteiger partial charge in [0, 0.05) is 71.3 Å². The van der Waals surface area contributed by atoms with E-state index in [9.17, 15) is 0 Å². The van der Waals surface area contributed by atoms with E-state index in [0.717, 1.165) is 94.0 Å². The maximum atomic E-state index is 7.28. The van der Waals surface area contributed by atoms with Gasteiger partial charge in [-0.1, -0.05) is 129 Å². The molecule has 2 aliphatic rings. The first-order valence-electron chi connectivity index (χ1n) is 23.4. The van der Waals surface area contributed by atoms with Crippen LogP contribution in [0.3, 0.4) is 0 Å². The molecule has 12 aromatic rings. The van der Waals surface area contributed by atoms with Gasteiger partial charge in [-0.05, 0) is 111 Å². The molecule has 5 nitrogen and oxygen atoms in total. The predicted octanol–water partition coefficient (Wildman–Crippen LogP) is 15.6. The molecule has 320 valence electrons. The molecule has 0 atom stereocenters. The summed E-state index contributed by atoms with van der Waals surface area (Å²) in [6.45, 7) is 20.3. The number of nitrogens with zero attached hydrogens (tertiary/aromatic N) is 2. The van der Waals surface area contributed by atoms with Crippen molar-refractivity contribution in [2.75, 3.05) is 4.81 Å². The molecule has 0 bridgehead atoms. The number of anilines is 2. The van der Waals surface area contributed by atoms with E-state index in [4.69, 9.17) is 13.3 Å². The van der Waals surface area contributed by atoms with Crippen molar-refractivity contribution in [3.63, 3.8) is 0 Å². The molecule has 0 spiro atoms. The smallest absolute Gasteiger partial charge is 0.333 e. The Morgan fingerprint density at radius 1 is 0.439 bits per heavy atom. The Labute approximate surface area is 383 Å². The molecule has 8 aromatic carbocycles. The van der Waals surface area contributed by atoms with Gasteiger partial charge in [-0.2, -0.15) is 0 Å². The van der Waals surface area contributed by atoms with Gasteiger partial charge in [0.15, 0.2) is 0 Å². The molecule has 4 aromatic heterocycles. The zero-order valence-corrected chi connectivity index (χ0v) is 38.9. The lowest BCUT2D eigenvalue weighted by Gasteiger charge is -2.42. The second kappa shape index (κ2) is 12.4. The molecule has 6 heterocycles. The Balaban J connectivity index is 1.22. The summed E-state index contributed by atoms with van der Waals surface area (Å²) in [4.78, 5) is 2.61. The number of fused-ring (bicyclic) bond motifs is 19. The monoisotopic (exact) mass is 856 g/mol. The SMILES string of the molecule is CC(C)(C)c1ccc(N2B3c4cc5oc6ccccc6c5cc4-n4c5ccc(C(C)(C)C)cc5c5c6c(oc7ccccc76)c(c3c54)-c3cc4oc5cc(C(C)(C)C)ccc5c4cc32)cc1. The first-order chi connectivity index (χ1) is 31.6. The molecule has 14 rings (SSSR count). The van der Waals surface area contributed by atoms with Crippen LogP contribution < -0.4 is 15.7 Å². The van der Waals surface area contributed by atoms with Crippen molar-refractivity contribution in [2.45, 2.75) is 78.6 Å². The van der Waals surface area contributed by atoms with Crippen LogP contribution in [-0.4, -0.2) is 11.4 Å². The van der Waals surface area contributed by atoms with E-state index in [0.29, 0.717) is 0 Å². The minimum absolute atomic E-state index is 0.00500. The van der Waals surface area contributed by atoms with Gasteiger partial charge in [-0.25, -0.2) is 0 Å². The number of aromatic nitrogens is 1. The number of benzene rings is 8. The molecule has 6 heteroatoms. The molecule has 0 unspecified atom stereocenters. The highest BCUT2D eigenvalue weighted by molar-refractivity contribution is 6.94. The Morgan fingerprint density at radius 2 is 1.02 bits per heavy atom. The van der Waals surface area contributed by atoms with E-state index in [2.05, 4.69) is 205 Å². The Hall–Kier alpha value is -7.18. The van der Waals surface area contributed by atoms with E-state index in [-0.39, 0.29) is 23.1 Å². The topological polar surface area (TPSA) is 47.6 Å². The minimum atomic E-state index is -0.247. The van der Waals surface area contributed by atoms with Crippen LogP contribution in [0.5, 0.6) is 0 Å². The maximum Gasteiger partial charge on any atom is 0.333 e. The molecule has 0 N–H and O–H groups in total. The van der Waals surface area contributed by atoms with Gasteiger partial charge in [0.2, 0.25) is 0 Å². The van der Waals surface area contributed by atoms with Crippen molar-refractivity contribution >= 4 is 117 Å². The molecular weight excluding hydrogens is 807 g/mol. The fraction of sp³-hybridized carbons (Fsp3) is 0.200.